The molecule has 1 aromatic rings. The zero-order chi connectivity index (χ0) is 15.5. The molecule has 1 N–H and O–H groups in total. The highest BCUT2D eigenvalue weighted by atomic mass is 35.5. The van der Waals surface area contributed by atoms with Crippen LogP contribution in [0.5, 0.6) is 0 Å². The maximum Gasteiger partial charge on any atom is 0.251 e. The Morgan fingerprint density at radius 3 is 2.20 bits per heavy atom. The zero-order valence-corrected chi connectivity index (χ0v) is 13.8. The summed E-state index contributed by atoms with van der Waals surface area (Å²) in [6, 6.07) is 3.03. The van der Waals surface area contributed by atoms with Gasteiger partial charge < -0.3 is 5.32 Å². The highest BCUT2D eigenvalue weighted by molar-refractivity contribution is 6.36. The van der Waals surface area contributed by atoms with E-state index in [9.17, 15) is 9.59 Å². The van der Waals surface area contributed by atoms with Gasteiger partial charge in [0.15, 0.2) is 5.78 Å². The number of ketones is 1. The molecular weight excluding hydrogens is 321 g/mol. The van der Waals surface area contributed by atoms with Gasteiger partial charge in [-0.2, -0.15) is 0 Å². The minimum Gasteiger partial charge on any atom is -0.345 e. The number of carbonyl (C=O) groups is 2. The molecule has 0 aromatic heterocycles. The van der Waals surface area contributed by atoms with Gasteiger partial charge in [0.2, 0.25) is 0 Å². The van der Waals surface area contributed by atoms with Crippen molar-refractivity contribution in [3.63, 3.8) is 0 Å². The fraction of sp³-hybridized carbons (Fsp3) is 0.429. The lowest BCUT2D eigenvalue weighted by atomic mass is 10.0. The number of nitrogens with one attached hydrogen (secondary N) is 1. The fourth-order valence-electron chi connectivity index (χ4n) is 1.42. The number of hydrogen-bond acceptors (Lipinski definition) is 2. The Hall–Kier alpha value is -0.770. The highest BCUT2D eigenvalue weighted by Gasteiger charge is 2.28. The minimum atomic E-state index is -0.962. The summed E-state index contributed by atoms with van der Waals surface area (Å²) in [6.45, 7) is 5.07. The summed E-state index contributed by atoms with van der Waals surface area (Å²) >= 11 is 18.0. The molecule has 3 nitrogen and oxygen atoms in total. The third-order valence-electron chi connectivity index (χ3n) is 3.20. The number of halogens is 3. The molecule has 0 saturated carbocycles. The van der Waals surface area contributed by atoms with Crippen LogP contribution < -0.4 is 5.32 Å². The summed E-state index contributed by atoms with van der Waals surface area (Å²) in [6.07, 6.45) is 0.492. The van der Waals surface area contributed by atoms with Crippen LogP contribution in [0, 0.1) is 6.92 Å². The van der Waals surface area contributed by atoms with E-state index in [-0.39, 0.29) is 12.3 Å². The van der Waals surface area contributed by atoms with Crippen LogP contribution >= 0.6 is 34.8 Å². The summed E-state index contributed by atoms with van der Waals surface area (Å²) in [5.41, 5.74) is 1.02. The Bertz CT molecular complexity index is 518. The monoisotopic (exact) mass is 335 g/mol. The molecule has 0 aliphatic carbocycles. The Labute approximate surface area is 133 Å². The normalized spacial score (nSPS) is 13.7. The Morgan fingerprint density at radius 1 is 1.25 bits per heavy atom. The van der Waals surface area contributed by atoms with Crippen molar-refractivity contribution in [3.8, 4) is 0 Å². The van der Waals surface area contributed by atoms with Crippen molar-refractivity contribution in [1.82, 2.24) is 5.32 Å². The molecule has 0 heterocycles. The van der Waals surface area contributed by atoms with Crippen LogP contribution in [0.25, 0.3) is 0 Å². The van der Waals surface area contributed by atoms with E-state index in [4.69, 9.17) is 34.8 Å². The summed E-state index contributed by atoms with van der Waals surface area (Å²) in [7, 11) is 0. The molecule has 0 bridgehead atoms. The van der Waals surface area contributed by atoms with E-state index in [1.54, 1.807) is 13.8 Å². The summed E-state index contributed by atoms with van der Waals surface area (Å²) in [4.78, 5) is 22.8. The van der Waals surface area contributed by atoms with E-state index >= 15 is 0 Å². The quantitative estimate of drug-likeness (QED) is 0.826. The molecule has 1 rings (SSSR count). The van der Waals surface area contributed by atoms with Crippen LogP contribution in [0.3, 0.4) is 0 Å². The number of rotatable bonds is 5. The van der Waals surface area contributed by atoms with Gasteiger partial charge in [-0.1, -0.05) is 30.1 Å². The molecule has 0 aliphatic heterocycles. The first-order valence-corrected chi connectivity index (χ1v) is 7.28. The van der Waals surface area contributed by atoms with E-state index < -0.39 is 10.8 Å². The third kappa shape index (κ3) is 4.11. The molecule has 0 radical (unpaired) electrons. The maximum absolute atomic E-state index is 12.0. The van der Waals surface area contributed by atoms with Gasteiger partial charge in [-0.3, -0.25) is 9.59 Å². The maximum atomic E-state index is 12.0. The number of Topliss-reactive ketones (excluding diaryl/α,β-unsaturated/α-hetero) is 1. The van der Waals surface area contributed by atoms with Gasteiger partial charge in [-0.05, 0) is 38.0 Å². The molecule has 1 amide bonds. The summed E-state index contributed by atoms with van der Waals surface area (Å²) < 4.78 is 0. The Balaban J connectivity index is 2.76. The molecule has 1 aromatic carbocycles. The second-order valence-electron chi connectivity index (χ2n) is 4.72. The van der Waals surface area contributed by atoms with Crippen LogP contribution in [0.1, 0.15) is 36.2 Å². The molecule has 0 unspecified atom stereocenters. The van der Waals surface area contributed by atoms with E-state index in [1.807, 2.05) is 6.92 Å². The van der Waals surface area contributed by atoms with E-state index in [1.165, 1.54) is 12.1 Å². The van der Waals surface area contributed by atoms with Crippen molar-refractivity contribution < 1.29 is 9.59 Å². The molecule has 0 saturated heterocycles. The van der Waals surface area contributed by atoms with E-state index in [0.717, 1.165) is 0 Å². The third-order valence-corrected chi connectivity index (χ3v) is 4.46. The van der Waals surface area contributed by atoms with Crippen LogP contribution in [0.15, 0.2) is 12.1 Å². The van der Waals surface area contributed by atoms with Gasteiger partial charge in [0, 0.05) is 15.6 Å². The largest absolute Gasteiger partial charge is 0.345 e. The number of alkyl halides is 1. The van der Waals surface area contributed by atoms with Gasteiger partial charge >= 0.3 is 0 Å². The van der Waals surface area contributed by atoms with Crippen LogP contribution in [-0.4, -0.2) is 23.1 Å². The number of hydrogen-bond donors (Lipinski definition) is 1. The average Bonchev–Trinajstić information content (AvgIpc) is 2.40. The van der Waals surface area contributed by atoms with Crippen molar-refractivity contribution in [1.29, 1.82) is 0 Å². The minimum absolute atomic E-state index is 0.129. The lowest BCUT2D eigenvalue weighted by Crippen LogP contribution is -2.39. The van der Waals surface area contributed by atoms with Crippen LogP contribution in [0.2, 0.25) is 10.0 Å². The topological polar surface area (TPSA) is 46.2 Å². The first-order chi connectivity index (χ1) is 9.19. The molecular formula is C14H16Cl3NO2. The molecule has 110 valence electrons. The van der Waals surface area contributed by atoms with Crippen molar-refractivity contribution in [2.24, 2.45) is 0 Å². The van der Waals surface area contributed by atoms with Crippen molar-refractivity contribution in [2.75, 3.05) is 6.54 Å². The standard InChI is InChI=1S/C14H16Cl3NO2/c1-4-14(3,17)12(19)7-18-13(20)9-5-10(15)8(2)11(16)6-9/h5-6H,4,7H2,1-3H3,(H,18,20)/t14-/m0/s1. The van der Waals surface area contributed by atoms with Crippen LogP contribution in [-0.2, 0) is 4.79 Å². The average molecular weight is 337 g/mol. The van der Waals surface area contributed by atoms with Crippen LogP contribution in [0.4, 0.5) is 0 Å². The van der Waals surface area contributed by atoms with E-state index in [2.05, 4.69) is 5.32 Å². The molecule has 0 spiro atoms. The summed E-state index contributed by atoms with van der Waals surface area (Å²) in [5, 5.41) is 3.34. The smallest absolute Gasteiger partial charge is 0.251 e. The predicted octanol–water partition coefficient (Wildman–Crippen LogP) is 4.01. The van der Waals surface area contributed by atoms with Crippen molar-refractivity contribution >= 4 is 46.5 Å². The molecule has 0 fully saturated rings. The second kappa shape index (κ2) is 6.79. The summed E-state index contributed by atoms with van der Waals surface area (Å²) in [5.74, 6) is -0.648. The lowest BCUT2D eigenvalue weighted by Gasteiger charge is -2.18. The van der Waals surface area contributed by atoms with Gasteiger partial charge in [0.05, 0.1) is 6.54 Å². The van der Waals surface area contributed by atoms with Crippen molar-refractivity contribution in [2.45, 2.75) is 32.1 Å². The highest BCUT2D eigenvalue weighted by Crippen LogP contribution is 2.25. The molecule has 1 atom stereocenters. The zero-order valence-electron chi connectivity index (χ0n) is 11.5. The predicted molar refractivity (Wildman–Crippen MR) is 83.1 cm³/mol. The molecule has 6 heteroatoms. The van der Waals surface area contributed by atoms with Crippen molar-refractivity contribution in [3.05, 3.63) is 33.3 Å². The van der Waals surface area contributed by atoms with Gasteiger partial charge in [-0.25, -0.2) is 0 Å². The first kappa shape index (κ1) is 17.3. The first-order valence-electron chi connectivity index (χ1n) is 6.15. The van der Waals surface area contributed by atoms with Gasteiger partial charge in [-0.15, -0.1) is 11.6 Å². The Morgan fingerprint density at radius 2 is 1.75 bits per heavy atom. The Kier molecular flexibility index (Phi) is 5.87. The number of benzene rings is 1. The SMILES string of the molecule is CC[C@](C)(Cl)C(=O)CNC(=O)c1cc(Cl)c(C)c(Cl)c1. The molecule has 20 heavy (non-hydrogen) atoms. The van der Waals surface area contributed by atoms with E-state index in [0.29, 0.717) is 27.6 Å². The van der Waals surface area contributed by atoms with Gasteiger partial charge in [0.1, 0.15) is 4.87 Å². The fourth-order valence-corrected chi connectivity index (χ4v) is 1.97. The number of amides is 1. The second-order valence-corrected chi connectivity index (χ2v) is 6.37. The lowest BCUT2D eigenvalue weighted by molar-refractivity contribution is -0.120. The van der Waals surface area contributed by atoms with Gasteiger partial charge in [0.25, 0.3) is 5.91 Å². The number of carbonyl (C=O) groups excluding carboxylic acids is 2. The molecule has 0 aliphatic rings.